The summed E-state index contributed by atoms with van der Waals surface area (Å²) in [7, 11) is 0. The number of benzene rings is 1. The number of aromatic nitrogens is 1. The molecule has 0 bridgehead atoms. The molecule has 0 aliphatic carbocycles. The number of allylic oxidation sites excluding steroid dienone is 1. The molecule has 0 saturated carbocycles. The molecule has 0 aliphatic heterocycles. The number of nitrogens with one attached hydrogen (secondary N) is 1. The lowest BCUT2D eigenvalue weighted by molar-refractivity contribution is -0.139. The molecule has 0 atom stereocenters. The van der Waals surface area contributed by atoms with Gasteiger partial charge in [-0.2, -0.15) is 0 Å². The van der Waals surface area contributed by atoms with E-state index in [4.69, 9.17) is 14.6 Å². The number of hydrogen-bond acceptors (Lipinski definition) is 5. The SMILES string of the molecule is C=CCc1cc(/C=c2\sc(=C)[nH]c2=O)cc(OCC)c1OCC(=O)O. The maximum Gasteiger partial charge on any atom is 0.341 e. The quantitative estimate of drug-likeness (QED) is 0.691. The molecule has 0 amide bonds. The monoisotopic (exact) mass is 361 g/mol. The van der Waals surface area contributed by atoms with E-state index < -0.39 is 12.6 Å². The second-order valence-corrected chi connectivity index (χ2v) is 6.24. The molecule has 25 heavy (non-hydrogen) atoms. The summed E-state index contributed by atoms with van der Waals surface area (Å²) in [6, 6.07) is 3.54. The van der Waals surface area contributed by atoms with E-state index in [-0.39, 0.29) is 5.56 Å². The van der Waals surface area contributed by atoms with Crippen molar-refractivity contribution in [3.8, 4) is 11.5 Å². The van der Waals surface area contributed by atoms with Gasteiger partial charge in [0.1, 0.15) is 0 Å². The van der Waals surface area contributed by atoms with Gasteiger partial charge in [-0.25, -0.2) is 4.79 Å². The van der Waals surface area contributed by atoms with Crippen LogP contribution in [0, 0.1) is 0 Å². The minimum absolute atomic E-state index is 0.204. The molecule has 2 rings (SSSR count). The molecule has 6 nitrogen and oxygen atoms in total. The van der Waals surface area contributed by atoms with Crippen molar-refractivity contribution in [1.29, 1.82) is 0 Å². The van der Waals surface area contributed by atoms with Crippen LogP contribution in [-0.2, 0) is 11.2 Å². The summed E-state index contributed by atoms with van der Waals surface area (Å²) in [6.45, 7) is 9.18. The first-order valence-corrected chi connectivity index (χ1v) is 8.41. The molecular weight excluding hydrogens is 342 g/mol. The van der Waals surface area contributed by atoms with Crippen molar-refractivity contribution in [1.82, 2.24) is 4.98 Å². The van der Waals surface area contributed by atoms with Gasteiger partial charge in [-0.15, -0.1) is 17.9 Å². The number of thiazole rings is 1. The Morgan fingerprint density at radius 2 is 2.16 bits per heavy atom. The lowest BCUT2D eigenvalue weighted by atomic mass is 10.1. The zero-order valence-electron chi connectivity index (χ0n) is 13.8. The molecule has 1 aromatic carbocycles. The van der Waals surface area contributed by atoms with E-state index in [0.717, 1.165) is 11.1 Å². The maximum absolute atomic E-state index is 11.9. The Hall–Kier alpha value is -2.80. The Kier molecular flexibility index (Phi) is 6.19. The van der Waals surface area contributed by atoms with Crippen molar-refractivity contribution in [2.75, 3.05) is 13.2 Å². The molecule has 0 fully saturated rings. The molecule has 7 heteroatoms. The third kappa shape index (κ3) is 4.84. The molecule has 0 radical (unpaired) electrons. The Morgan fingerprint density at radius 1 is 1.40 bits per heavy atom. The zero-order chi connectivity index (χ0) is 18.4. The predicted octanol–water partition coefficient (Wildman–Crippen LogP) is 1.27. The van der Waals surface area contributed by atoms with Crippen molar-refractivity contribution < 1.29 is 19.4 Å². The Labute approximate surface area is 148 Å². The fraction of sp³-hybridized carbons (Fsp3) is 0.222. The number of aromatic amines is 1. The van der Waals surface area contributed by atoms with Crippen LogP contribution in [0.25, 0.3) is 12.7 Å². The average Bonchev–Trinajstić information content (AvgIpc) is 2.84. The van der Waals surface area contributed by atoms with Gasteiger partial charge in [0, 0.05) is 5.56 Å². The normalized spacial score (nSPS) is 11.3. The fourth-order valence-corrected chi connectivity index (χ4v) is 3.02. The first kappa shape index (κ1) is 18.5. The molecule has 1 heterocycles. The van der Waals surface area contributed by atoms with E-state index in [2.05, 4.69) is 18.1 Å². The van der Waals surface area contributed by atoms with Gasteiger partial charge >= 0.3 is 5.97 Å². The molecule has 0 aliphatic rings. The molecule has 0 spiro atoms. The summed E-state index contributed by atoms with van der Waals surface area (Å²) in [4.78, 5) is 25.3. The summed E-state index contributed by atoms with van der Waals surface area (Å²) in [5.74, 6) is -0.271. The number of carboxylic acids is 1. The smallest absolute Gasteiger partial charge is 0.341 e. The minimum atomic E-state index is -1.07. The van der Waals surface area contributed by atoms with Gasteiger partial charge in [-0.1, -0.05) is 12.7 Å². The summed E-state index contributed by atoms with van der Waals surface area (Å²) >= 11 is 1.26. The van der Waals surface area contributed by atoms with Gasteiger partial charge in [0.25, 0.3) is 5.56 Å². The summed E-state index contributed by atoms with van der Waals surface area (Å²) in [5.41, 5.74) is 1.27. The lowest BCUT2D eigenvalue weighted by Crippen LogP contribution is -2.19. The Balaban J connectivity index is 2.59. The van der Waals surface area contributed by atoms with Crippen molar-refractivity contribution >= 4 is 30.0 Å². The number of hydrogen-bond donors (Lipinski definition) is 2. The highest BCUT2D eigenvalue weighted by molar-refractivity contribution is 7.07. The van der Waals surface area contributed by atoms with Crippen molar-refractivity contribution in [3.05, 3.63) is 55.5 Å². The van der Waals surface area contributed by atoms with E-state index in [1.165, 1.54) is 11.3 Å². The second-order valence-electron chi connectivity index (χ2n) is 5.10. The Bertz CT molecular complexity index is 941. The number of carbonyl (C=O) groups is 1. The van der Waals surface area contributed by atoms with Crippen LogP contribution in [0.4, 0.5) is 0 Å². The highest BCUT2D eigenvalue weighted by Crippen LogP contribution is 2.34. The third-order valence-electron chi connectivity index (χ3n) is 3.17. The summed E-state index contributed by atoms with van der Waals surface area (Å²) < 4.78 is 12.1. The standard InChI is InChI=1S/C18H19NO5S/c1-4-6-13-7-12(9-15-18(22)19-11(3)25-15)8-14(23-5-2)17(13)24-10-16(20)21/h4,7-9H,1,3,5-6,10H2,2H3,(H,19,22)(H,20,21)/b15-9-. The number of H-pyrrole nitrogens is 1. The number of carboxylic acid groups (broad SMARTS) is 1. The zero-order valence-corrected chi connectivity index (χ0v) is 14.6. The molecular formula is C18H19NO5S. The molecule has 132 valence electrons. The minimum Gasteiger partial charge on any atom is -0.490 e. The van der Waals surface area contributed by atoms with E-state index in [1.807, 2.05) is 13.0 Å². The molecule has 0 saturated heterocycles. The highest BCUT2D eigenvalue weighted by Gasteiger charge is 2.14. The first-order chi connectivity index (χ1) is 11.9. The fourth-order valence-electron chi connectivity index (χ4n) is 2.27. The second kappa shape index (κ2) is 8.34. The number of ether oxygens (including phenoxy) is 2. The molecule has 1 aromatic heterocycles. The van der Waals surface area contributed by atoms with E-state index >= 15 is 0 Å². The van der Waals surface area contributed by atoms with Crippen molar-refractivity contribution in [2.45, 2.75) is 13.3 Å². The van der Waals surface area contributed by atoms with Crippen LogP contribution in [0.3, 0.4) is 0 Å². The van der Waals surface area contributed by atoms with Crippen LogP contribution in [0.15, 0.2) is 29.6 Å². The van der Waals surface area contributed by atoms with Crippen LogP contribution in [0.2, 0.25) is 0 Å². The van der Waals surface area contributed by atoms with Gasteiger partial charge in [0.05, 0.1) is 15.8 Å². The van der Waals surface area contributed by atoms with Gasteiger partial charge in [-0.3, -0.25) is 4.79 Å². The summed E-state index contributed by atoms with van der Waals surface area (Å²) in [5, 5.41) is 8.86. The van der Waals surface area contributed by atoms with E-state index in [0.29, 0.717) is 33.7 Å². The molecule has 0 unspecified atom stereocenters. The van der Waals surface area contributed by atoms with Crippen molar-refractivity contribution in [3.63, 3.8) is 0 Å². The number of rotatable bonds is 8. The van der Waals surface area contributed by atoms with Gasteiger partial charge < -0.3 is 19.6 Å². The third-order valence-corrected chi connectivity index (χ3v) is 4.04. The topological polar surface area (TPSA) is 88.6 Å². The largest absolute Gasteiger partial charge is 0.490 e. The molecule has 2 N–H and O–H groups in total. The highest BCUT2D eigenvalue weighted by atomic mass is 32.1. The van der Waals surface area contributed by atoms with Crippen molar-refractivity contribution in [2.24, 2.45) is 0 Å². The lowest BCUT2D eigenvalue weighted by Gasteiger charge is -2.15. The van der Waals surface area contributed by atoms with Crippen LogP contribution in [0.5, 0.6) is 11.5 Å². The van der Waals surface area contributed by atoms with Crippen LogP contribution < -0.4 is 24.2 Å². The van der Waals surface area contributed by atoms with Crippen LogP contribution in [0.1, 0.15) is 18.1 Å². The van der Waals surface area contributed by atoms with Gasteiger partial charge in [0.15, 0.2) is 18.1 Å². The first-order valence-electron chi connectivity index (χ1n) is 7.59. The number of aliphatic carboxylic acids is 1. The van der Waals surface area contributed by atoms with Crippen LogP contribution >= 0.6 is 11.3 Å². The Morgan fingerprint density at radius 3 is 2.72 bits per heavy atom. The maximum atomic E-state index is 11.9. The van der Waals surface area contributed by atoms with Gasteiger partial charge in [-0.05, 0) is 37.1 Å². The van der Waals surface area contributed by atoms with E-state index in [9.17, 15) is 9.59 Å². The average molecular weight is 361 g/mol. The van der Waals surface area contributed by atoms with E-state index in [1.54, 1.807) is 18.2 Å². The molecule has 2 aromatic rings. The van der Waals surface area contributed by atoms with Gasteiger partial charge in [0.2, 0.25) is 0 Å². The summed E-state index contributed by atoms with van der Waals surface area (Å²) in [6.07, 6.45) is 3.89. The predicted molar refractivity (Wildman–Crippen MR) is 97.9 cm³/mol. The van der Waals surface area contributed by atoms with Crippen LogP contribution in [-0.4, -0.2) is 29.3 Å².